The molecule has 0 saturated carbocycles. The highest BCUT2D eigenvalue weighted by Gasteiger charge is 2.51. The van der Waals surface area contributed by atoms with Gasteiger partial charge in [-0.05, 0) is 12.1 Å². The number of thioether (sulfide) groups is 1. The number of ether oxygens (including phenoxy) is 1. The fraction of sp³-hybridized carbons (Fsp3) is 0.200. The normalized spacial score (nSPS) is 22.5. The summed E-state index contributed by atoms with van der Waals surface area (Å²) in [6.07, 6.45) is -0.174. The highest BCUT2D eigenvalue weighted by molar-refractivity contribution is 8.00. The molecule has 2 aliphatic rings. The number of imidazole rings is 1. The largest absolute Gasteiger partial charge is 0.487 e. The Morgan fingerprint density at radius 3 is 2.74 bits per heavy atom. The predicted molar refractivity (Wildman–Crippen MR) is 99.6 cm³/mol. The first-order chi connectivity index (χ1) is 13.1. The van der Waals surface area contributed by atoms with Crippen LogP contribution in [0.4, 0.5) is 0 Å². The molecule has 0 bridgehead atoms. The second kappa shape index (κ2) is 5.87. The maximum Gasteiger partial charge on any atom is 0.304 e. The molecule has 27 heavy (non-hydrogen) atoms. The standard InChI is InChI=1S/C20H16N2O4S/c23-17(24)10-16-20(25,12-6-2-1-3-7-12)22-18-13-8-4-5-9-15(13)26-11-14(18)21-19(22)27-16/h1-9,16,25H,10-11H2,(H,23,24)/t16-,20-/m0/s1. The van der Waals surface area contributed by atoms with Crippen molar-refractivity contribution >= 4 is 17.7 Å². The lowest BCUT2D eigenvalue weighted by Crippen LogP contribution is -2.42. The maximum atomic E-state index is 11.9. The van der Waals surface area contributed by atoms with Crippen molar-refractivity contribution in [1.29, 1.82) is 0 Å². The summed E-state index contributed by atoms with van der Waals surface area (Å²) in [4.78, 5) is 16.1. The van der Waals surface area contributed by atoms with Gasteiger partial charge in [-0.3, -0.25) is 9.36 Å². The molecule has 2 aromatic carbocycles. The summed E-state index contributed by atoms with van der Waals surface area (Å²) in [6.45, 7) is 0.321. The Kier molecular flexibility index (Phi) is 3.57. The van der Waals surface area contributed by atoms with Crippen molar-refractivity contribution in [2.75, 3.05) is 0 Å². The summed E-state index contributed by atoms with van der Waals surface area (Å²) in [5.74, 6) is -0.222. The fourth-order valence-corrected chi connectivity index (χ4v) is 5.23. The van der Waals surface area contributed by atoms with Gasteiger partial charge in [-0.1, -0.05) is 54.2 Å². The number of aliphatic carboxylic acids is 1. The first-order valence-corrected chi connectivity index (χ1v) is 9.47. The lowest BCUT2D eigenvalue weighted by Gasteiger charge is -2.33. The van der Waals surface area contributed by atoms with Crippen molar-refractivity contribution in [3.05, 3.63) is 65.9 Å². The summed E-state index contributed by atoms with van der Waals surface area (Å²) in [7, 11) is 0. The van der Waals surface area contributed by atoms with E-state index in [2.05, 4.69) is 4.98 Å². The smallest absolute Gasteiger partial charge is 0.304 e. The Morgan fingerprint density at radius 1 is 1.22 bits per heavy atom. The molecule has 5 rings (SSSR count). The van der Waals surface area contributed by atoms with E-state index >= 15 is 0 Å². The Balaban J connectivity index is 1.77. The Labute approximate surface area is 159 Å². The molecule has 0 spiro atoms. The summed E-state index contributed by atoms with van der Waals surface area (Å²) in [5.41, 5.74) is 1.53. The number of rotatable bonds is 3. The number of carbonyl (C=O) groups is 1. The molecule has 0 amide bonds. The molecule has 0 aliphatic carbocycles. The summed E-state index contributed by atoms with van der Waals surface area (Å²) < 4.78 is 7.58. The van der Waals surface area contributed by atoms with Gasteiger partial charge in [-0.15, -0.1) is 0 Å². The van der Waals surface area contributed by atoms with Gasteiger partial charge >= 0.3 is 5.97 Å². The van der Waals surface area contributed by atoms with E-state index in [0.29, 0.717) is 17.3 Å². The van der Waals surface area contributed by atoms with Crippen LogP contribution in [0.1, 0.15) is 17.7 Å². The van der Waals surface area contributed by atoms with Crippen LogP contribution in [0.15, 0.2) is 59.8 Å². The van der Waals surface area contributed by atoms with Crippen LogP contribution in [-0.2, 0) is 17.1 Å². The van der Waals surface area contributed by atoms with Gasteiger partial charge in [0.1, 0.15) is 18.1 Å². The Morgan fingerprint density at radius 2 is 1.96 bits per heavy atom. The van der Waals surface area contributed by atoms with Crippen molar-refractivity contribution in [2.24, 2.45) is 0 Å². The average molecular weight is 380 g/mol. The van der Waals surface area contributed by atoms with E-state index in [0.717, 1.165) is 22.7 Å². The summed E-state index contributed by atoms with van der Waals surface area (Å²) in [6, 6.07) is 16.8. The number of nitrogens with zero attached hydrogens (tertiary/aromatic N) is 2. The summed E-state index contributed by atoms with van der Waals surface area (Å²) >= 11 is 1.30. The first-order valence-electron chi connectivity index (χ1n) is 8.59. The zero-order chi connectivity index (χ0) is 18.6. The van der Waals surface area contributed by atoms with E-state index in [-0.39, 0.29) is 6.42 Å². The lowest BCUT2D eigenvalue weighted by atomic mass is 9.95. The second-order valence-corrected chi connectivity index (χ2v) is 7.78. The van der Waals surface area contributed by atoms with Crippen LogP contribution in [0, 0.1) is 0 Å². The topological polar surface area (TPSA) is 84.6 Å². The van der Waals surface area contributed by atoms with Crippen molar-refractivity contribution in [3.63, 3.8) is 0 Å². The number of hydrogen-bond donors (Lipinski definition) is 2. The van der Waals surface area contributed by atoms with Gasteiger partial charge in [0.2, 0.25) is 0 Å². The quantitative estimate of drug-likeness (QED) is 0.726. The molecule has 6 nitrogen and oxygen atoms in total. The maximum absolute atomic E-state index is 11.9. The number of aromatic nitrogens is 2. The molecule has 0 unspecified atom stereocenters. The van der Waals surface area contributed by atoms with Crippen molar-refractivity contribution in [1.82, 2.24) is 9.55 Å². The third-order valence-corrected chi connectivity index (χ3v) is 6.29. The molecule has 7 heteroatoms. The van der Waals surface area contributed by atoms with Gasteiger partial charge in [0, 0.05) is 11.1 Å². The van der Waals surface area contributed by atoms with Crippen LogP contribution in [0.25, 0.3) is 11.3 Å². The van der Waals surface area contributed by atoms with Crippen molar-refractivity contribution in [2.45, 2.75) is 29.2 Å². The number of para-hydroxylation sites is 1. The SMILES string of the molecule is O=C(O)C[C@@H]1Sc2nc3c(n2[C@]1(O)c1ccccc1)-c1ccccc1OC3. The molecular formula is C20H16N2O4S. The first kappa shape index (κ1) is 16.4. The molecule has 2 aliphatic heterocycles. The highest BCUT2D eigenvalue weighted by Crippen LogP contribution is 2.52. The molecule has 0 saturated heterocycles. The van der Waals surface area contributed by atoms with Crippen LogP contribution < -0.4 is 4.74 Å². The van der Waals surface area contributed by atoms with E-state index in [1.54, 1.807) is 4.57 Å². The molecule has 2 N–H and O–H groups in total. The van der Waals surface area contributed by atoms with E-state index < -0.39 is 16.9 Å². The lowest BCUT2D eigenvalue weighted by molar-refractivity contribution is -0.138. The van der Waals surface area contributed by atoms with Gasteiger partial charge < -0.3 is 14.9 Å². The zero-order valence-corrected chi connectivity index (χ0v) is 15.0. The van der Waals surface area contributed by atoms with Crippen LogP contribution in [0.3, 0.4) is 0 Å². The van der Waals surface area contributed by atoms with Crippen LogP contribution in [-0.4, -0.2) is 31.0 Å². The van der Waals surface area contributed by atoms with Crippen molar-refractivity contribution < 1.29 is 19.7 Å². The number of fused-ring (bicyclic) bond motifs is 5. The summed E-state index contributed by atoms with van der Waals surface area (Å²) in [5, 5.41) is 21.3. The number of carboxylic acid groups (broad SMARTS) is 1. The minimum absolute atomic E-state index is 0.174. The minimum Gasteiger partial charge on any atom is -0.487 e. The zero-order valence-electron chi connectivity index (χ0n) is 14.2. The van der Waals surface area contributed by atoms with Gasteiger partial charge in [-0.2, -0.15) is 0 Å². The van der Waals surface area contributed by atoms with E-state index in [4.69, 9.17) is 4.74 Å². The van der Waals surface area contributed by atoms with E-state index in [1.165, 1.54) is 11.8 Å². The Bertz CT molecular complexity index is 1050. The van der Waals surface area contributed by atoms with E-state index in [1.807, 2.05) is 54.6 Å². The van der Waals surface area contributed by atoms with Crippen LogP contribution in [0.5, 0.6) is 5.75 Å². The number of benzene rings is 2. The molecule has 3 heterocycles. The molecule has 0 fully saturated rings. The van der Waals surface area contributed by atoms with Crippen LogP contribution in [0.2, 0.25) is 0 Å². The average Bonchev–Trinajstić information content (AvgIpc) is 3.17. The number of hydrogen-bond acceptors (Lipinski definition) is 5. The van der Waals surface area contributed by atoms with E-state index in [9.17, 15) is 15.0 Å². The van der Waals surface area contributed by atoms with Gasteiger partial charge in [0.25, 0.3) is 0 Å². The van der Waals surface area contributed by atoms with Gasteiger partial charge in [0.05, 0.1) is 17.4 Å². The van der Waals surface area contributed by atoms with Crippen LogP contribution >= 0.6 is 11.8 Å². The minimum atomic E-state index is -1.51. The number of aliphatic hydroxyl groups is 1. The molecular weight excluding hydrogens is 364 g/mol. The molecule has 0 radical (unpaired) electrons. The molecule has 136 valence electrons. The third kappa shape index (κ3) is 2.32. The second-order valence-electron chi connectivity index (χ2n) is 6.61. The fourth-order valence-electron chi connectivity index (χ4n) is 3.84. The van der Waals surface area contributed by atoms with Gasteiger partial charge in [0.15, 0.2) is 10.9 Å². The van der Waals surface area contributed by atoms with Crippen molar-refractivity contribution in [3.8, 4) is 17.0 Å². The molecule has 1 aromatic heterocycles. The molecule has 2 atom stereocenters. The highest BCUT2D eigenvalue weighted by atomic mass is 32.2. The molecule has 3 aromatic rings. The predicted octanol–water partition coefficient (Wildman–Crippen LogP) is 3.08. The number of carboxylic acids is 1. The third-order valence-electron chi connectivity index (χ3n) is 5.02. The Hall–Kier alpha value is -2.77. The monoisotopic (exact) mass is 380 g/mol. The van der Waals surface area contributed by atoms with Gasteiger partial charge in [-0.25, -0.2) is 4.98 Å².